The topological polar surface area (TPSA) is 51.1 Å². The molecule has 0 radical (unpaired) electrons. The first-order chi connectivity index (χ1) is 13.9. The summed E-state index contributed by atoms with van der Waals surface area (Å²) in [6, 6.07) is 8.53. The molecular formula is C24H32N2O3. The van der Waals surface area contributed by atoms with Crippen molar-refractivity contribution in [2.24, 2.45) is 16.3 Å². The van der Waals surface area contributed by atoms with Crippen LogP contribution in [0.25, 0.3) is 0 Å². The van der Waals surface area contributed by atoms with Gasteiger partial charge in [-0.3, -0.25) is 4.90 Å². The molecule has 1 aromatic rings. The number of piperidine rings is 1. The molecule has 1 aromatic carbocycles. The number of benzene rings is 1. The molecular weight excluding hydrogens is 364 g/mol. The molecule has 0 N–H and O–H groups in total. The SMILES string of the molecule is C=C1OC[C@H](c2ccc(CN3CCC(C(C)(C)C=O)CC3)cc2)O/C1=N/C=C\C. The molecule has 5 nitrogen and oxygen atoms in total. The Morgan fingerprint density at radius 1 is 1.24 bits per heavy atom. The fourth-order valence-electron chi connectivity index (χ4n) is 3.91. The van der Waals surface area contributed by atoms with Gasteiger partial charge in [0.1, 0.15) is 12.9 Å². The van der Waals surface area contributed by atoms with Crippen molar-refractivity contribution in [3.8, 4) is 0 Å². The van der Waals surface area contributed by atoms with Gasteiger partial charge in [-0.2, -0.15) is 0 Å². The van der Waals surface area contributed by atoms with Gasteiger partial charge in [-0.05, 0) is 49.9 Å². The summed E-state index contributed by atoms with van der Waals surface area (Å²) in [5, 5.41) is 0. The van der Waals surface area contributed by atoms with Crippen LogP contribution in [0.4, 0.5) is 0 Å². The van der Waals surface area contributed by atoms with Gasteiger partial charge in [-0.25, -0.2) is 4.99 Å². The van der Waals surface area contributed by atoms with Crippen LogP contribution in [0.3, 0.4) is 0 Å². The van der Waals surface area contributed by atoms with E-state index < -0.39 is 0 Å². The Kier molecular flexibility index (Phi) is 6.91. The lowest BCUT2D eigenvalue weighted by Gasteiger charge is -2.37. The molecule has 2 fully saturated rings. The maximum absolute atomic E-state index is 11.3. The summed E-state index contributed by atoms with van der Waals surface area (Å²) in [7, 11) is 0. The van der Waals surface area contributed by atoms with E-state index in [4.69, 9.17) is 9.47 Å². The number of hydrogen-bond donors (Lipinski definition) is 0. The number of carbonyl (C=O) groups is 1. The molecule has 2 heterocycles. The molecule has 3 rings (SSSR count). The standard InChI is InChI=1S/C24H32N2O3/c1-5-12-25-23-18(2)28-16-22(29-23)20-8-6-19(7-9-20)15-26-13-10-21(11-14-26)24(3,4)17-27/h5-9,12,17,21-22H,2,10-11,13-16H2,1,3-4H3/b12-5-,25-23+/t22-/m1/s1. The summed E-state index contributed by atoms with van der Waals surface area (Å²) in [5.74, 6) is 1.39. The highest BCUT2D eigenvalue weighted by molar-refractivity contribution is 5.92. The van der Waals surface area contributed by atoms with Crippen LogP contribution >= 0.6 is 0 Å². The van der Waals surface area contributed by atoms with Crippen molar-refractivity contribution in [2.75, 3.05) is 19.7 Å². The van der Waals surface area contributed by atoms with Crippen LogP contribution in [0.1, 0.15) is 50.8 Å². The first kappa shape index (κ1) is 21.3. The summed E-state index contributed by atoms with van der Waals surface area (Å²) in [5.41, 5.74) is 2.14. The molecule has 29 heavy (non-hydrogen) atoms. The van der Waals surface area contributed by atoms with Crippen LogP contribution in [0.2, 0.25) is 0 Å². The molecule has 0 saturated carbocycles. The van der Waals surface area contributed by atoms with Crippen molar-refractivity contribution in [1.29, 1.82) is 0 Å². The van der Waals surface area contributed by atoms with Crippen LogP contribution in [0.5, 0.6) is 0 Å². The Morgan fingerprint density at radius 2 is 1.93 bits per heavy atom. The van der Waals surface area contributed by atoms with Crippen LogP contribution in [0, 0.1) is 11.3 Å². The Bertz CT molecular complexity index is 772. The highest BCUT2D eigenvalue weighted by atomic mass is 16.6. The maximum Gasteiger partial charge on any atom is 0.257 e. The van der Waals surface area contributed by atoms with Crippen LogP contribution < -0.4 is 0 Å². The number of aldehydes is 1. The van der Waals surface area contributed by atoms with Gasteiger partial charge < -0.3 is 14.3 Å². The van der Waals surface area contributed by atoms with Crippen molar-refractivity contribution in [3.63, 3.8) is 0 Å². The largest absolute Gasteiger partial charge is 0.484 e. The molecule has 5 heteroatoms. The Hall–Kier alpha value is -2.40. The predicted molar refractivity (Wildman–Crippen MR) is 115 cm³/mol. The molecule has 2 aliphatic rings. The van der Waals surface area contributed by atoms with E-state index in [2.05, 4.69) is 54.6 Å². The number of aliphatic imine (C=N–C) groups is 1. The van der Waals surface area contributed by atoms with Crippen molar-refractivity contribution in [3.05, 3.63) is 60.0 Å². The number of allylic oxidation sites excluding steroid dienone is 1. The van der Waals surface area contributed by atoms with Gasteiger partial charge in [-0.15, -0.1) is 0 Å². The zero-order chi connectivity index (χ0) is 20.9. The average Bonchev–Trinajstić information content (AvgIpc) is 2.74. The first-order valence-electron chi connectivity index (χ1n) is 10.4. The third kappa shape index (κ3) is 5.36. The molecule has 0 spiro atoms. The van der Waals surface area contributed by atoms with Gasteiger partial charge in [0.05, 0.1) is 0 Å². The normalized spacial score (nSPS) is 23.2. The first-order valence-corrected chi connectivity index (χ1v) is 10.4. The monoisotopic (exact) mass is 396 g/mol. The van der Waals surface area contributed by atoms with Gasteiger partial charge in [0, 0.05) is 18.2 Å². The number of hydrogen-bond acceptors (Lipinski definition) is 5. The number of likely N-dealkylation sites (tertiary alicyclic amines) is 1. The highest BCUT2D eigenvalue weighted by Gasteiger charge is 2.32. The van der Waals surface area contributed by atoms with Gasteiger partial charge in [0.2, 0.25) is 0 Å². The lowest BCUT2D eigenvalue weighted by molar-refractivity contribution is -0.118. The zero-order valence-corrected chi connectivity index (χ0v) is 17.8. The summed E-state index contributed by atoms with van der Waals surface area (Å²) in [6.45, 7) is 13.3. The fourth-order valence-corrected chi connectivity index (χ4v) is 3.91. The quantitative estimate of drug-likeness (QED) is 0.657. The molecule has 0 aliphatic carbocycles. The average molecular weight is 397 g/mol. The predicted octanol–water partition coefficient (Wildman–Crippen LogP) is 4.66. The zero-order valence-electron chi connectivity index (χ0n) is 17.8. The minimum atomic E-state index is -0.212. The Balaban J connectivity index is 1.56. The van der Waals surface area contributed by atoms with E-state index in [0.29, 0.717) is 24.2 Å². The summed E-state index contributed by atoms with van der Waals surface area (Å²) < 4.78 is 11.6. The van der Waals surface area contributed by atoms with E-state index in [-0.39, 0.29) is 11.5 Å². The van der Waals surface area contributed by atoms with Gasteiger partial charge in [0.25, 0.3) is 5.90 Å². The van der Waals surface area contributed by atoms with Crippen molar-refractivity contribution < 1.29 is 14.3 Å². The van der Waals surface area contributed by atoms with E-state index in [9.17, 15) is 4.79 Å². The molecule has 0 aromatic heterocycles. The Labute approximate surface area is 174 Å². The number of nitrogens with zero attached hydrogens (tertiary/aromatic N) is 2. The van der Waals surface area contributed by atoms with E-state index >= 15 is 0 Å². The molecule has 2 saturated heterocycles. The molecule has 0 amide bonds. The second kappa shape index (κ2) is 9.40. The molecule has 2 aliphatic heterocycles. The fraction of sp³-hybridized carbons (Fsp3) is 0.500. The maximum atomic E-state index is 11.3. The second-order valence-electron chi connectivity index (χ2n) is 8.49. The van der Waals surface area contributed by atoms with E-state index in [1.807, 2.05) is 13.0 Å². The number of ether oxygens (including phenoxy) is 2. The summed E-state index contributed by atoms with van der Waals surface area (Å²) in [4.78, 5) is 18.0. The van der Waals surface area contributed by atoms with Crippen molar-refractivity contribution in [2.45, 2.75) is 46.3 Å². The number of rotatable bonds is 6. The van der Waals surface area contributed by atoms with E-state index in [1.54, 1.807) is 6.20 Å². The van der Waals surface area contributed by atoms with E-state index in [0.717, 1.165) is 44.3 Å². The van der Waals surface area contributed by atoms with Crippen LogP contribution in [-0.2, 0) is 20.8 Å². The Morgan fingerprint density at radius 3 is 2.55 bits per heavy atom. The second-order valence-corrected chi connectivity index (χ2v) is 8.49. The van der Waals surface area contributed by atoms with Crippen molar-refractivity contribution in [1.82, 2.24) is 4.90 Å². The lowest BCUT2D eigenvalue weighted by atomic mass is 9.75. The third-order valence-electron chi connectivity index (χ3n) is 5.94. The van der Waals surface area contributed by atoms with Crippen LogP contribution in [-0.4, -0.2) is 36.8 Å². The van der Waals surface area contributed by atoms with Crippen molar-refractivity contribution >= 4 is 12.2 Å². The smallest absolute Gasteiger partial charge is 0.257 e. The van der Waals surface area contributed by atoms with Gasteiger partial charge >= 0.3 is 0 Å². The highest BCUT2D eigenvalue weighted by Crippen LogP contribution is 2.33. The molecule has 1 atom stereocenters. The van der Waals surface area contributed by atoms with E-state index in [1.165, 1.54) is 5.56 Å². The lowest BCUT2D eigenvalue weighted by Crippen LogP contribution is -2.39. The third-order valence-corrected chi connectivity index (χ3v) is 5.94. The summed E-state index contributed by atoms with van der Waals surface area (Å²) >= 11 is 0. The van der Waals surface area contributed by atoms with Gasteiger partial charge in [0.15, 0.2) is 11.9 Å². The summed E-state index contributed by atoms with van der Waals surface area (Å²) in [6.07, 6.45) is 6.61. The molecule has 0 bridgehead atoms. The number of carbonyl (C=O) groups excluding carboxylic acids is 1. The molecule has 0 unspecified atom stereocenters. The van der Waals surface area contributed by atoms with Crippen LogP contribution in [0.15, 0.2) is 53.9 Å². The van der Waals surface area contributed by atoms with Gasteiger partial charge in [-0.1, -0.05) is 50.8 Å². The minimum absolute atomic E-state index is 0.181. The molecule has 156 valence electrons. The minimum Gasteiger partial charge on any atom is -0.484 e.